The molecule has 0 spiro atoms. The van der Waals surface area contributed by atoms with Gasteiger partial charge < -0.3 is 24.1 Å². The molecule has 10 heteroatoms. The molecular weight excluding hydrogens is 553 g/mol. The number of nitrogens with zero attached hydrogens (tertiary/aromatic N) is 2. The molecule has 3 heterocycles. The third-order valence-corrected chi connectivity index (χ3v) is 7.11. The van der Waals surface area contributed by atoms with Gasteiger partial charge in [-0.1, -0.05) is 40.9 Å². The summed E-state index contributed by atoms with van der Waals surface area (Å²) in [6.07, 6.45) is 1.75. The second-order valence-corrected chi connectivity index (χ2v) is 9.92. The molecule has 2 aromatic heterocycles. The molecule has 37 heavy (non-hydrogen) atoms. The SMILES string of the molecule is COCCOc1ccc(N2C(=S)N[C@@H](c3ccccn3)[C@H]2c2ccc(-c3ccc(Cl)cc3Cl)o2)cc1Cl. The third kappa shape index (κ3) is 5.42. The maximum absolute atomic E-state index is 6.58. The average Bonchev–Trinajstić information content (AvgIpc) is 3.50. The Morgan fingerprint density at radius 2 is 1.86 bits per heavy atom. The van der Waals surface area contributed by atoms with Crippen molar-refractivity contribution in [3.05, 3.63) is 99.4 Å². The fourth-order valence-corrected chi connectivity index (χ4v) is 5.34. The zero-order chi connectivity index (χ0) is 25.9. The van der Waals surface area contributed by atoms with Crippen LogP contribution in [0.1, 0.15) is 23.5 Å². The first kappa shape index (κ1) is 25.8. The van der Waals surface area contributed by atoms with E-state index in [0.29, 0.717) is 50.7 Å². The second-order valence-electron chi connectivity index (χ2n) is 8.28. The topological polar surface area (TPSA) is 59.8 Å². The van der Waals surface area contributed by atoms with Gasteiger partial charge >= 0.3 is 0 Å². The van der Waals surface area contributed by atoms with Gasteiger partial charge in [-0.3, -0.25) is 4.98 Å². The predicted molar refractivity (Wildman–Crippen MR) is 151 cm³/mol. The van der Waals surface area contributed by atoms with Crippen molar-refractivity contribution in [1.29, 1.82) is 0 Å². The van der Waals surface area contributed by atoms with Crippen LogP contribution in [0.5, 0.6) is 5.75 Å². The van der Waals surface area contributed by atoms with Gasteiger partial charge in [-0.05, 0) is 72.9 Å². The van der Waals surface area contributed by atoms with E-state index in [-0.39, 0.29) is 12.1 Å². The predicted octanol–water partition coefficient (Wildman–Crippen LogP) is 7.50. The van der Waals surface area contributed by atoms with E-state index in [1.165, 1.54) is 0 Å². The summed E-state index contributed by atoms with van der Waals surface area (Å²) < 4.78 is 17.2. The van der Waals surface area contributed by atoms with E-state index in [2.05, 4.69) is 10.3 Å². The van der Waals surface area contributed by atoms with E-state index in [0.717, 1.165) is 16.9 Å². The highest BCUT2D eigenvalue weighted by atomic mass is 35.5. The van der Waals surface area contributed by atoms with Crippen molar-refractivity contribution < 1.29 is 13.9 Å². The van der Waals surface area contributed by atoms with Gasteiger partial charge in [-0.15, -0.1) is 0 Å². The highest BCUT2D eigenvalue weighted by Gasteiger charge is 2.42. The smallest absolute Gasteiger partial charge is 0.174 e. The molecule has 0 unspecified atom stereocenters. The van der Waals surface area contributed by atoms with Gasteiger partial charge in [-0.25, -0.2) is 0 Å². The molecule has 0 amide bonds. The fraction of sp³-hybridized carbons (Fsp3) is 0.185. The van der Waals surface area contributed by atoms with Crippen molar-refractivity contribution >= 4 is 57.8 Å². The number of rotatable bonds is 8. The second kappa shape index (κ2) is 11.3. The summed E-state index contributed by atoms with van der Waals surface area (Å²) in [7, 11) is 1.62. The normalized spacial score (nSPS) is 17.2. The molecule has 6 nitrogen and oxygen atoms in total. The molecule has 0 aliphatic carbocycles. The molecule has 4 aromatic rings. The van der Waals surface area contributed by atoms with Gasteiger partial charge in [-0.2, -0.15) is 0 Å². The first-order valence-corrected chi connectivity index (χ1v) is 13.0. The average molecular weight is 575 g/mol. The Kier molecular flexibility index (Phi) is 7.88. The van der Waals surface area contributed by atoms with Gasteiger partial charge in [0.05, 0.1) is 28.4 Å². The molecule has 1 N–H and O–H groups in total. The van der Waals surface area contributed by atoms with E-state index in [9.17, 15) is 0 Å². The van der Waals surface area contributed by atoms with Crippen LogP contribution in [0.4, 0.5) is 5.69 Å². The molecule has 1 aliphatic heterocycles. The van der Waals surface area contributed by atoms with Crippen molar-refractivity contribution in [1.82, 2.24) is 10.3 Å². The zero-order valence-electron chi connectivity index (χ0n) is 19.7. The quantitative estimate of drug-likeness (QED) is 0.173. The van der Waals surface area contributed by atoms with Crippen LogP contribution in [-0.2, 0) is 4.74 Å². The monoisotopic (exact) mass is 573 g/mol. The number of benzene rings is 2. The van der Waals surface area contributed by atoms with Crippen LogP contribution in [0.3, 0.4) is 0 Å². The Morgan fingerprint density at radius 3 is 2.59 bits per heavy atom. The Hall–Kier alpha value is -2.81. The summed E-state index contributed by atoms with van der Waals surface area (Å²) in [5.41, 5.74) is 2.35. The molecular formula is C27H22Cl3N3O3S. The third-order valence-electron chi connectivity index (χ3n) is 5.95. The van der Waals surface area contributed by atoms with E-state index in [4.69, 9.17) is 60.9 Å². The van der Waals surface area contributed by atoms with Crippen molar-refractivity contribution in [2.45, 2.75) is 12.1 Å². The minimum Gasteiger partial charge on any atom is -0.490 e. The standard InChI is InChI=1S/C27H22Cl3N3O3S/c1-34-12-13-35-23-8-6-17(15-20(23)30)33-26(25(32-27(33)37)21-4-2-3-11-31-21)24-10-9-22(36-24)18-7-5-16(28)14-19(18)29/h2-11,14-15,25-26H,12-13H2,1H3,(H,32,37)/t25-,26+/m0/s1. The number of hydrogen-bond donors (Lipinski definition) is 1. The molecule has 1 fully saturated rings. The summed E-state index contributed by atoms with van der Waals surface area (Å²) >= 11 is 24.9. The summed E-state index contributed by atoms with van der Waals surface area (Å²) in [6, 6.07) is 19.8. The molecule has 1 saturated heterocycles. The number of nitrogens with one attached hydrogen (secondary N) is 1. The number of aromatic nitrogens is 1. The Bertz CT molecular complexity index is 1420. The summed E-state index contributed by atoms with van der Waals surface area (Å²) in [4.78, 5) is 6.55. The number of hydrogen-bond acceptors (Lipinski definition) is 5. The van der Waals surface area contributed by atoms with Crippen LogP contribution in [0.25, 0.3) is 11.3 Å². The fourth-order valence-electron chi connectivity index (χ4n) is 4.26. The van der Waals surface area contributed by atoms with E-state index in [1.54, 1.807) is 25.4 Å². The van der Waals surface area contributed by atoms with Crippen LogP contribution in [0.2, 0.25) is 15.1 Å². The zero-order valence-corrected chi connectivity index (χ0v) is 22.7. The minimum absolute atomic E-state index is 0.273. The van der Waals surface area contributed by atoms with Crippen molar-refractivity contribution in [2.24, 2.45) is 0 Å². The number of ether oxygens (including phenoxy) is 2. The maximum Gasteiger partial charge on any atom is 0.174 e. The summed E-state index contributed by atoms with van der Waals surface area (Å²) in [6.45, 7) is 0.858. The number of furan rings is 1. The number of halogens is 3. The molecule has 2 aromatic carbocycles. The summed E-state index contributed by atoms with van der Waals surface area (Å²) in [5, 5.41) is 5.45. The van der Waals surface area contributed by atoms with Gasteiger partial charge in [0.2, 0.25) is 0 Å². The maximum atomic E-state index is 6.58. The lowest BCUT2D eigenvalue weighted by atomic mass is 10.0. The lowest BCUT2D eigenvalue weighted by molar-refractivity contribution is 0.146. The van der Waals surface area contributed by atoms with Crippen LogP contribution in [0, 0.1) is 0 Å². The first-order valence-electron chi connectivity index (χ1n) is 11.4. The molecule has 0 bridgehead atoms. The van der Waals surface area contributed by atoms with Gasteiger partial charge in [0, 0.05) is 29.6 Å². The van der Waals surface area contributed by atoms with Crippen LogP contribution in [-0.4, -0.2) is 30.4 Å². The molecule has 1 aliphatic rings. The van der Waals surface area contributed by atoms with Crippen LogP contribution < -0.4 is 15.0 Å². The Labute approximate surface area is 235 Å². The lowest BCUT2D eigenvalue weighted by Gasteiger charge is -2.26. The highest BCUT2D eigenvalue weighted by molar-refractivity contribution is 7.80. The van der Waals surface area contributed by atoms with Gasteiger partial charge in [0.15, 0.2) is 5.11 Å². The number of pyridine rings is 1. The lowest BCUT2D eigenvalue weighted by Crippen LogP contribution is -2.29. The molecule has 2 atom stereocenters. The van der Waals surface area contributed by atoms with Crippen molar-refractivity contribution in [2.75, 3.05) is 25.2 Å². The van der Waals surface area contributed by atoms with Crippen LogP contribution in [0.15, 0.2) is 77.3 Å². The summed E-state index contributed by atoms with van der Waals surface area (Å²) in [5.74, 6) is 1.87. The minimum atomic E-state index is -0.349. The van der Waals surface area contributed by atoms with Crippen molar-refractivity contribution in [3.8, 4) is 17.1 Å². The van der Waals surface area contributed by atoms with Crippen LogP contribution >= 0.6 is 47.0 Å². The number of methoxy groups -OCH3 is 1. The van der Waals surface area contributed by atoms with Gasteiger partial charge in [0.1, 0.15) is 29.9 Å². The Morgan fingerprint density at radius 1 is 1.00 bits per heavy atom. The van der Waals surface area contributed by atoms with E-state index >= 15 is 0 Å². The Balaban J connectivity index is 1.54. The molecule has 5 rings (SSSR count). The largest absolute Gasteiger partial charge is 0.490 e. The first-order chi connectivity index (χ1) is 18.0. The van der Waals surface area contributed by atoms with E-state index < -0.39 is 0 Å². The highest BCUT2D eigenvalue weighted by Crippen LogP contribution is 2.44. The van der Waals surface area contributed by atoms with E-state index in [1.807, 2.05) is 59.5 Å². The number of thiocarbonyl (C=S) groups is 1. The number of anilines is 1. The van der Waals surface area contributed by atoms with Gasteiger partial charge in [0.25, 0.3) is 0 Å². The molecule has 0 saturated carbocycles. The molecule has 0 radical (unpaired) electrons. The molecule has 190 valence electrons. The van der Waals surface area contributed by atoms with Crippen molar-refractivity contribution in [3.63, 3.8) is 0 Å².